The van der Waals surface area contributed by atoms with Crippen LogP contribution in [-0.4, -0.2) is 16.1 Å². The number of nitrogens with two attached hydrogens (primary N) is 1. The zero-order valence-electron chi connectivity index (χ0n) is 9.40. The van der Waals surface area contributed by atoms with E-state index in [0.29, 0.717) is 18.5 Å². The second kappa shape index (κ2) is 5.15. The van der Waals surface area contributed by atoms with Gasteiger partial charge in [-0.05, 0) is 12.3 Å². The molecule has 0 aromatic carbocycles. The molecule has 0 fully saturated rings. The van der Waals surface area contributed by atoms with Crippen LogP contribution in [0.15, 0.2) is 12.5 Å². The fourth-order valence-electron chi connectivity index (χ4n) is 1.77. The molecule has 3 heteroatoms. The highest BCUT2D eigenvalue weighted by Crippen LogP contribution is 2.20. The molecule has 1 aromatic rings. The average molecular weight is 195 g/mol. The molecule has 3 nitrogen and oxygen atoms in total. The van der Waals surface area contributed by atoms with Crippen molar-refractivity contribution in [2.45, 2.75) is 45.6 Å². The molecule has 14 heavy (non-hydrogen) atoms. The lowest BCUT2D eigenvalue weighted by atomic mass is 10.1. The molecule has 1 atom stereocenters. The molecule has 0 aliphatic carbocycles. The molecular formula is C11H21N3. The third-order valence-corrected chi connectivity index (χ3v) is 2.57. The molecule has 0 saturated carbocycles. The van der Waals surface area contributed by atoms with Crippen molar-refractivity contribution < 1.29 is 0 Å². The standard InChI is InChI=1S/C11H21N3/c1-4-5-10(6-12)14-8-13-7-11(14)9(2)3/h7-10H,4-6,12H2,1-3H3. The monoisotopic (exact) mass is 195 g/mol. The van der Waals surface area contributed by atoms with Crippen molar-refractivity contribution in [2.75, 3.05) is 6.54 Å². The number of aromatic nitrogens is 2. The smallest absolute Gasteiger partial charge is 0.0951 e. The molecule has 0 aliphatic rings. The van der Waals surface area contributed by atoms with Crippen LogP contribution in [0.25, 0.3) is 0 Å². The third-order valence-electron chi connectivity index (χ3n) is 2.57. The number of nitrogens with zero attached hydrogens (tertiary/aromatic N) is 2. The molecule has 0 saturated heterocycles. The van der Waals surface area contributed by atoms with Gasteiger partial charge in [0.15, 0.2) is 0 Å². The maximum absolute atomic E-state index is 5.77. The maximum atomic E-state index is 5.77. The van der Waals surface area contributed by atoms with Gasteiger partial charge in [0, 0.05) is 24.5 Å². The van der Waals surface area contributed by atoms with Gasteiger partial charge in [-0.25, -0.2) is 4.98 Å². The Morgan fingerprint density at radius 1 is 1.50 bits per heavy atom. The van der Waals surface area contributed by atoms with Gasteiger partial charge in [-0.1, -0.05) is 27.2 Å². The van der Waals surface area contributed by atoms with Crippen molar-refractivity contribution in [1.29, 1.82) is 0 Å². The molecule has 0 aliphatic heterocycles. The number of hydrogen-bond donors (Lipinski definition) is 1. The SMILES string of the molecule is CCCC(CN)n1cncc1C(C)C. The fraction of sp³-hybridized carbons (Fsp3) is 0.727. The van der Waals surface area contributed by atoms with Gasteiger partial charge in [0.25, 0.3) is 0 Å². The van der Waals surface area contributed by atoms with Gasteiger partial charge in [0.2, 0.25) is 0 Å². The first kappa shape index (κ1) is 11.2. The molecule has 0 radical (unpaired) electrons. The van der Waals surface area contributed by atoms with Crippen molar-refractivity contribution in [1.82, 2.24) is 9.55 Å². The van der Waals surface area contributed by atoms with E-state index in [0.717, 1.165) is 12.8 Å². The molecule has 0 amide bonds. The lowest BCUT2D eigenvalue weighted by molar-refractivity contribution is 0.451. The first-order valence-corrected chi connectivity index (χ1v) is 5.42. The second-order valence-electron chi connectivity index (χ2n) is 4.06. The minimum atomic E-state index is 0.417. The maximum Gasteiger partial charge on any atom is 0.0951 e. The van der Waals surface area contributed by atoms with Crippen LogP contribution in [-0.2, 0) is 0 Å². The van der Waals surface area contributed by atoms with Crippen molar-refractivity contribution in [3.8, 4) is 0 Å². The van der Waals surface area contributed by atoms with E-state index in [2.05, 4.69) is 30.3 Å². The van der Waals surface area contributed by atoms with E-state index < -0.39 is 0 Å². The first-order chi connectivity index (χ1) is 6.70. The molecule has 1 rings (SSSR count). The quantitative estimate of drug-likeness (QED) is 0.783. The molecule has 1 aromatic heterocycles. The second-order valence-corrected chi connectivity index (χ2v) is 4.06. The Bertz CT molecular complexity index is 265. The molecule has 0 bridgehead atoms. The highest BCUT2D eigenvalue weighted by Gasteiger charge is 2.13. The Labute approximate surface area is 86.3 Å². The van der Waals surface area contributed by atoms with Gasteiger partial charge in [-0.2, -0.15) is 0 Å². The summed E-state index contributed by atoms with van der Waals surface area (Å²) in [5, 5.41) is 0. The zero-order valence-corrected chi connectivity index (χ0v) is 9.40. The van der Waals surface area contributed by atoms with Gasteiger partial charge < -0.3 is 10.3 Å². The Balaban J connectivity index is 2.86. The van der Waals surface area contributed by atoms with E-state index in [4.69, 9.17) is 5.73 Å². The van der Waals surface area contributed by atoms with Crippen molar-refractivity contribution in [3.63, 3.8) is 0 Å². The molecule has 1 unspecified atom stereocenters. The van der Waals surface area contributed by atoms with E-state index in [1.165, 1.54) is 5.69 Å². The minimum Gasteiger partial charge on any atom is -0.330 e. The van der Waals surface area contributed by atoms with Gasteiger partial charge in [-0.3, -0.25) is 0 Å². The normalized spacial score (nSPS) is 13.5. The summed E-state index contributed by atoms with van der Waals surface area (Å²) in [7, 11) is 0. The van der Waals surface area contributed by atoms with Crippen molar-refractivity contribution in [2.24, 2.45) is 5.73 Å². The molecule has 2 N–H and O–H groups in total. The summed E-state index contributed by atoms with van der Waals surface area (Å²) in [5.74, 6) is 0.517. The van der Waals surface area contributed by atoms with Crippen LogP contribution in [0.5, 0.6) is 0 Å². The Kier molecular flexibility index (Phi) is 4.14. The van der Waals surface area contributed by atoms with E-state index in [1.807, 2.05) is 12.5 Å². The van der Waals surface area contributed by atoms with Gasteiger partial charge in [0.05, 0.1) is 6.33 Å². The van der Waals surface area contributed by atoms with E-state index in [-0.39, 0.29) is 0 Å². The van der Waals surface area contributed by atoms with E-state index in [9.17, 15) is 0 Å². The average Bonchev–Trinajstić information content (AvgIpc) is 2.62. The van der Waals surface area contributed by atoms with Crippen LogP contribution < -0.4 is 5.73 Å². The predicted octanol–water partition coefficient (Wildman–Crippen LogP) is 2.31. The van der Waals surface area contributed by atoms with E-state index in [1.54, 1.807) is 0 Å². The number of hydrogen-bond acceptors (Lipinski definition) is 2. The lowest BCUT2D eigenvalue weighted by Gasteiger charge is -2.20. The van der Waals surface area contributed by atoms with Crippen molar-refractivity contribution >= 4 is 0 Å². The molecule has 0 spiro atoms. The van der Waals surface area contributed by atoms with Gasteiger partial charge in [-0.15, -0.1) is 0 Å². The molecular weight excluding hydrogens is 174 g/mol. The summed E-state index contributed by atoms with van der Waals surface area (Å²) in [6.45, 7) is 7.26. The summed E-state index contributed by atoms with van der Waals surface area (Å²) < 4.78 is 2.23. The Morgan fingerprint density at radius 3 is 2.71 bits per heavy atom. The summed E-state index contributed by atoms with van der Waals surface area (Å²) >= 11 is 0. The summed E-state index contributed by atoms with van der Waals surface area (Å²) in [4.78, 5) is 4.20. The van der Waals surface area contributed by atoms with Crippen LogP contribution in [0.3, 0.4) is 0 Å². The number of rotatable bonds is 5. The van der Waals surface area contributed by atoms with Gasteiger partial charge in [0.1, 0.15) is 0 Å². The Morgan fingerprint density at radius 2 is 2.21 bits per heavy atom. The predicted molar refractivity (Wildman–Crippen MR) is 59.3 cm³/mol. The molecule has 1 heterocycles. The van der Waals surface area contributed by atoms with Crippen LogP contribution >= 0.6 is 0 Å². The number of imidazole rings is 1. The summed E-state index contributed by atoms with van der Waals surface area (Å²) in [5.41, 5.74) is 7.06. The van der Waals surface area contributed by atoms with Crippen LogP contribution in [0, 0.1) is 0 Å². The van der Waals surface area contributed by atoms with E-state index >= 15 is 0 Å². The molecule has 80 valence electrons. The Hall–Kier alpha value is -0.830. The first-order valence-electron chi connectivity index (χ1n) is 5.42. The van der Waals surface area contributed by atoms with Gasteiger partial charge >= 0.3 is 0 Å². The highest BCUT2D eigenvalue weighted by molar-refractivity contribution is 5.05. The summed E-state index contributed by atoms with van der Waals surface area (Å²) in [6.07, 6.45) is 6.15. The minimum absolute atomic E-state index is 0.417. The topological polar surface area (TPSA) is 43.8 Å². The van der Waals surface area contributed by atoms with Crippen LogP contribution in [0.2, 0.25) is 0 Å². The fourth-order valence-corrected chi connectivity index (χ4v) is 1.77. The summed E-state index contributed by atoms with van der Waals surface area (Å²) in [6, 6.07) is 0.417. The van der Waals surface area contributed by atoms with Crippen LogP contribution in [0.4, 0.5) is 0 Å². The lowest BCUT2D eigenvalue weighted by Crippen LogP contribution is -2.20. The van der Waals surface area contributed by atoms with Crippen molar-refractivity contribution in [3.05, 3.63) is 18.2 Å². The third kappa shape index (κ3) is 2.35. The zero-order chi connectivity index (χ0) is 10.6. The highest BCUT2D eigenvalue weighted by atomic mass is 15.1. The largest absolute Gasteiger partial charge is 0.330 e. The van der Waals surface area contributed by atoms with Crippen LogP contribution in [0.1, 0.15) is 51.3 Å².